The normalized spacial score (nSPS) is 18.6. The maximum absolute atomic E-state index is 12.1. The monoisotopic (exact) mass is 280 g/mol. The van der Waals surface area contributed by atoms with Crippen LogP contribution in [0.3, 0.4) is 0 Å². The van der Waals surface area contributed by atoms with Crippen LogP contribution in [-0.4, -0.2) is 36.6 Å². The molecule has 1 aromatic heterocycles. The molecule has 0 aliphatic carbocycles. The summed E-state index contributed by atoms with van der Waals surface area (Å²) in [5.74, 6) is 0.495. The Hall–Kier alpha value is -1.98. The maximum Gasteiger partial charge on any atom is 0.409 e. The van der Waals surface area contributed by atoms with Crippen molar-refractivity contribution in [1.82, 2.24) is 10.2 Å². The van der Waals surface area contributed by atoms with Crippen molar-refractivity contribution in [1.29, 1.82) is 0 Å². The van der Waals surface area contributed by atoms with Crippen LogP contribution in [0.15, 0.2) is 22.8 Å². The molecule has 1 N–H and O–H groups in total. The minimum Gasteiger partial charge on any atom is -0.467 e. The number of likely N-dealkylation sites (tertiary alicyclic amines) is 1. The first-order valence-electron chi connectivity index (χ1n) is 6.92. The Morgan fingerprint density at radius 1 is 1.55 bits per heavy atom. The van der Waals surface area contributed by atoms with Crippen LogP contribution >= 0.6 is 0 Å². The summed E-state index contributed by atoms with van der Waals surface area (Å²) in [5.41, 5.74) is 0. The summed E-state index contributed by atoms with van der Waals surface area (Å²) in [7, 11) is 0. The lowest BCUT2D eigenvalue weighted by Gasteiger charge is -2.31. The van der Waals surface area contributed by atoms with Crippen molar-refractivity contribution in [3.8, 4) is 0 Å². The zero-order valence-electron chi connectivity index (χ0n) is 11.6. The van der Waals surface area contributed by atoms with Gasteiger partial charge >= 0.3 is 6.09 Å². The second-order valence-electron chi connectivity index (χ2n) is 4.78. The number of amides is 2. The number of hydrogen-bond acceptors (Lipinski definition) is 4. The third-order valence-electron chi connectivity index (χ3n) is 3.34. The number of furan rings is 1. The maximum atomic E-state index is 12.1. The van der Waals surface area contributed by atoms with Gasteiger partial charge in [0.2, 0.25) is 5.91 Å². The van der Waals surface area contributed by atoms with Gasteiger partial charge in [0.15, 0.2) is 0 Å². The van der Waals surface area contributed by atoms with E-state index < -0.39 is 0 Å². The molecule has 110 valence electrons. The van der Waals surface area contributed by atoms with E-state index in [0.29, 0.717) is 26.2 Å². The lowest BCUT2D eigenvalue weighted by atomic mass is 9.97. The lowest BCUT2D eigenvalue weighted by Crippen LogP contribution is -2.45. The molecular formula is C14H20N2O4. The summed E-state index contributed by atoms with van der Waals surface area (Å²) in [4.78, 5) is 25.4. The zero-order valence-corrected chi connectivity index (χ0v) is 11.6. The topological polar surface area (TPSA) is 71.8 Å². The molecule has 2 rings (SSSR count). The van der Waals surface area contributed by atoms with E-state index in [1.165, 1.54) is 0 Å². The van der Waals surface area contributed by atoms with Crippen molar-refractivity contribution in [2.45, 2.75) is 26.3 Å². The van der Waals surface area contributed by atoms with Gasteiger partial charge in [0, 0.05) is 13.1 Å². The van der Waals surface area contributed by atoms with Gasteiger partial charge in [0.25, 0.3) is 0 Å². The molecule has 1 aliphatic heterocycles. The Morgan fingerprint density at radius 2 is 2.40 bits per heavy atom. The highest BCUT2D eigenvalue weighted by Gasteiger charge is 2.28. The van der Waals surface area contributed by atoms with Crippen molar-refractivity contribution < 1.29 is 18.7 Å². The SMILES string of the molecule is CCOC(=O)N1CCCC(C(=O)NCc2ccco2)C1. The van der Waals surface area contributed by atoms with Gasteiger partial charge in [-0.25, -0.2) is 4.79 Å². The molecule has 6 heteroatoms. The number of carbonyl (C=O) groups excluding carboxylic acids is 2. The number of ether oxygens (including phenoxy) is 1. The Labute approximate surface area is 118 Å². The van der Waals surface area contributed by atoms with Crippen molar-refractivity contribution in [3.05, 3.63) is 24.2 Å². The van der Waals surface area contributed by atoms with Crippen LogP contribution in [0.1, 0.15) is 25.5 Å². The van der Waals surface area contributed by atoms with E-state index in [9.17, 15) is 9.59 Å². The molecule has 6 nitrogen and oxygen atoms in total. The van der Waals surface area contributed by atoms with Gasteiger partial charge < -0.3 is 19.4 Å². The molecule has 0 saturated carbocycles. The lowest BCUT2D eigenvalue weighted by molar-refractivity contribution is -0.126. The van der Waals surface area contributed by atoms with E-state index in [2.05, 4.69) is 5.32 Å². The number of carbonyl (C=O) groups is 2. The van der Waals surface area contributed by atoms with Crippen LogP contribution in [-0.2, 0) is 16.1 Å². The summed E-state index contributed by atoms with van der Waals surface area (Å²) >= 11 is 0. The number of hydrogen-bond donors (Lipinski definition) is 1. The van der Waals surface area contributed by atoms with Gasteiger partial charge in [0.1, 0.15) is 5.76 Å². The molecule has 1 unspecified atom stereocenters. The van der Waals surface area contributed by atoms with Crippen LogP contribution in [0.4, 0.5) is 4.79 Å². The first-order chi connectivity index (χ1) is 9.70. The fraction of sp³-hybridized carbons (Fsp3) is 0.571. The van der Waals surface area contributed by atoms with E-state index in [1.807, 2.05) is 6.07 Å². The summed E-state index contributed by atoms with van der Waals surface area (Å²) in [6, 6.07) is 3.59. The number of nitrogens with one attached hydrogen (secondary N) is 1. The summed E-state index contributed by atoms with van der Waals surface area (Å²) in [6.45, 7) is 3.57. The Bertz CT molecular complexity index is 444. The molecule has 20 heavy (non-hydrogen) atoms. The van der Waals surface area contributed by atoms with Crippen molar-refractivity contribution in [2.75, 3.05) is 19.7 Å². The van der Waals surface area contributed by atoms with Crippen molar-refractivity contribution in [2.24, 2.45) is 5.92 Å². The van der Waals surface area contributed by atoms with Gasteiger partial charge in [-0.3, -0.25) is 4.79 Å². The molecule has 1 aromatic rings. The highest BCUT2D eigenvalue weighted by atomic mass is 16.6. The molecule has 0 aromatic carbocycles. The average molecular weight is 280 g/mol. The molecule has 0 spiro atoms. The first kappa shape index (κ1) is 14.4. The standard InChI is InChI=1S/C14H20N2O4/c1-2-19-14(18)16-7-3-5-11(10-16)13(17)15-9-12-6-4-8-20-12/h4,6,8,11H,2-3,5,7,9-10H2,1H3,(H,15,17). The van der Waals surface area contributed by atoms with Gasteiger partial charge in [-0.05, 0) is 31.9 Å². The highest BCUT2D eigenvalue weighted by molar-refractivity contribution is 5.79. The van der Waals surface area contributed by atoms with Gasteiger partial charge in [-0.2, -0.15) is 0 Å². The number of nitrogens with zero attached hydrogens (tertiary/aromatic N) is 1. The van der Waals surface area contributed by atoms with E-state index in [-0.39, 0.29) is 17.9 Å². The highest BCUT2D eigenvalue weighted by Crippen LogP contribution is 2.17. The van der Waals surface area contributed by atoms with Crippen molar-refractivity contribution in [3.63, 3.8) is 0 Å². The van der Waals surface area contributed by atoms with Gasteiger partial charge in [-0.15, -0.1) is 0 Å². The number of piperidine rings is 1. The zero-order chi connectivity index (χ0) is 14.4. The smallest absolute Gasteiger partial charge is 0.409 e. The first-order valence-corrected chi connectivity index (χ1v) is 6.92. The molecule has 2 heterocycles. The van der Waals surface area contributed by atoms with Gasteiger partial charge in [-0.1, -0.05) is 0 Å². The largest absolute Gasteiger partial charge is 0.467 e. The van der Waals surface area contributed by atoms with Crippen LogP contribution in [0.5, 0.6) is 0 Å². The predicted molar refractivity (Wildman–Crippen MR) is 71.9 cm³/mol. The quantitative estimate of drug-likeness (QED) is 0.912. The van der Waals surface area contributed by atoms with Crippen LogP contribution < -0.4 is 5.32 Å². The molecule has 1 fully saturated rings. The van der Waals surface area contributed by atoms with E-state index in [0.717, 1.165) is 18.6 Å². The van der Waals surface area contributed by atoms with Crippen LogP contribution in [0.25, 0.3) is 0 Å². The number of rotatable bonds is 4. The fourth-order valence-electron chi connectivity index (χ4n) is 2.30. The predicted octanol–water partition coefficient (Wildman–Crippen LogP) is 1.76. The fourth-order valence-corrected chi connectivity index (χ4v) is 2.30. The molecule has 0 radical (unpaired) electrons. The molecule has 1 saturated heterocycles. The molecule has 1 aliphatic rings. The Kier molecular flexibility index (Phi) is 5.03. The molecular weight excluding hydrogens is 260 g/mol. The second-order valence-corrected chi connectivity index (χ2v) is 4.78. The van der Waals surface area contributed by atoms with E-state index >= 15 is 0 Å². The summed E-state index contributed by atoms with van der Waals surface area (Å²) < 4.78 is 10.1. The van der Waals surface area contributed by atoms with Crippen LogP contribution in [0, 0.1) is 5.92 Å². The summed E-state index contributed by atoms with van der Waals surface area (Å²) in [5, 5.41) is 2.83. The second kappa shape index (κ2) is 6.98. The molecule has 0 bridgehead atoms. The Morgan fingerprint density at radius 3 is 3.10 bits per heavy atom. The third kappa shape index (κ3) is 3.76. The van der Waals surface area contributed by atoms with Gasteiger partial charge in [0.05, 0.1) is 25.3 Å². The average Bonchev–Trinajstić information content (AvgIpc) is 2.98. The Balaban J connectivity index is 1.81. The minimum absolute atomic E-state index is 0.0459. The summed E-state index contributed by atoms with van der Waals surface area (Å²) in [6.07, 6.45) is 2.85. The van der Waals surface area contributed by atoms with Crippen LogP contribution in [0.2, 0.25) is 0 Å². The molecule has 1 atom stereocenters. The van der Waals surface area contributed by atoms with E-state index in [1.54, 1.807) is 24.2 Å². The third-order valence-corrected chi connectivity index (χ3v) is 3.34. The van der Waals surface area contributed by atoms with Crippen molar-refractivity contribution >= 4 is 12.0 Å². The minimum atomic E-state index is -0.337. The molecule has 2 amide bonds. The van der Waals surface area contributed by atoms with E-state index in [4.69, 9.17) is 9.15 Å².